The maximum Gasteiger partial charge on any atom is 0.416 e. The van der Waals surface area contributed by atoms with E-state index in [1.54, 1.807) is 12.1 Å². The molecule has 6 heteroatoms. The fraction of sp³-hybridized carbons (Fsp3) is 0.176. The first-order valence-corrected chi connectivity index (χ1v) is 6.77. The number of fused-ring (bicyclic) bond motifs is 1. The van der Waals surface area contributed by atoms with Gasteiger partial charge in [-0.15, -0.1) is 0 Å². The van der Waals surface area contributed by atoms with Gasteiger partial charge in [0.25, 0.3) is 0 Å². The normalized spacial score (nSPS) is 15.0. The van der Waals surface area contributed by atoms with Crippen LogP contribution < -0.4 is 4.74 Å². The summed E-state index contributed by atoms with van der Waals surface area (Å²) in [5.74, 6) is -2.57. The van der Waals surface area contributed by atoms with E-state index in [2.05, 4.69) is 0 Å². The van der Waals surface area contributed by atoms with Crippen molar-refractivity contribution in [1.82, 2.24) is 0 Å². The quantitative estimate of drug-likeness (QED) is 0.789. The molecule has 0 amide bonds. The summed E-state index contributed by atoms with van der Waals surface area (Å²) in [4.78, 5) is 24.9. The Hall–Kier alpha value is -2.63. The summed E-state index contributed by atoms with van der Waals surface area (Å²) >= 11 is 0. The topological polar surface area (TPSA) is 43.4 Å². The van der Waals surface area contributed by atoms with Crippen LogP contribution in [0.25, 0.3) is 0 Å². The van der Waals surface area contributed by atoms with Gasteiger partial charge in [-0.25, -0.2) is 0 Å². The number of ketones is 2. The Bertz CT molecular complexity index is 774. The average molecular weight is 320 g/mol. The average Bonchev–Trinajstić information content (AvgIpc) is 2.78. The zero-order valence-electron chi connectivity index (χ0n) is 12.0. The van der Waals surface area contributed by atoms with Crippen molar-refractivity contribution < 1.29 is 27.5 Å². The highest BCUT2D eigenvalue weighted by Gasteiger charge is 2.44. The number of hydrogen-bond acceptors (Lipinski definition) is 3. The Morgan fingerprint density at radius 1 is 0.957 bits per heavy atom. The number of rotatable bonds is 2. The van der Waals surface area contributed by atoms with E-state index in [1.807, 2.05) is 0 Å². The molecular weight excluding hydrogens is 309 g/mol. The fourth-order valence-corrected chi connectivity index (χ4v) is 2.79. The maximum atomic E-state index is 13.3. The van der Waals surface area contributed by atoms with E-state index in [9.17, 15) is 22.8 Å². The van der Waals surface area contributed by atoms with E-state index in [-0.39, 0.29) is 22.4 Å². The number of Topliss-reactive ketones (excluding diaryl/α,β-unsaturated/α-hetero) is 2. The molecule has 0 saturated carbocycles. The fourth-order valence-electron chi connectivity index (χ4n) is 2.79. The Balaban J connectivity index is 2.20. The predicted octanol–water partition coefficient (Wildman–Crippen LogP) is 3.88. The van der Waals surface area contributed by atoms with Gasteiger partial charge in [0.1, 0.15) is 11.7 Å². The lowest BCUT2D eigenvalue weighted by molar-refractivity contribution is -0.138. The Kier molecular flexibility index (Phi) is 3.47. The van der Waals surface area contributed by atoms with Gasteiger partial charge in [0, 0.05) is 11.1 Å². The van der Waals surface area contributed by atoms with Gasteiger partial charge >= 0.3 is 6.18 Å². The van der Waals surface area contributed by atoms with Crippen molar-refractivity contribution in [3.8, 4) is 5.75 Å². The first-order valence-electron chi connectivity index (χ1n) is 6.77. The molecule has 0 aliphatic heterocycles. The predicted molar refractivity (Wildman–Crippen MR) is 75.8 cm³/mol. The summed E-state index contributed by atoms with van der Waals surface area (Å²) in [6.07, 6.45) is -4.67. The molecule has 0 saturated heterocycles. The van der Waals surface area contributed by atoms with E-state index in [0.717, 1.165) is 18.2 Å². The molecule has 0 atom stereocenters. The second-order valence-corrected chi connectivity index (χ2v) is 5.16. The standard InChI is InChI=1S/C17H11F3O3/c1-23-9-6-7-13(17(18,19)20)12(8-9)14-15(21)10-4-2-3-5-11(10)16(14)22/h2-8,14H,1H3. The van der Waals surface area contributed by atoms with Crippen molar-refractivity contribution in [3.63, 3.8) is 0 Å². The highest BCUT2D eigenvalue weighted by Crippen LogP contribution is 2.42. The molecule has 0 fully saturated rings. The molecule has 118 valence electrons. The van der Waals surface area contributed by atoms with E-state index in [0.29, 0.717) is 0 Å². The second kappa shape index (κ2) is 5.22. The molecule has 2 aromatic carbocycles. The third kappa shape index (κ3) is 2.40. The molecule has 2 aromatic rings. The Labute approximate surface area is 129 Å². The van der Waals surface area contributed by atoms with Gasteiger partial charge in [0.05, 0.1) is 12.7 Å². The second-order valence-electron chi connectivity index (χ2n) is 5.16. The number of ether oxygens (including phenoxy) is 1. The van der Waals surface area contributed by atoms with Crippen molar-refractivity contribution in [2.45, 2.75) is 12.1 Å². The third-order valence-corrected chi connectivity index (χ3v) is 3.86. The van der Waals surface area contributed by atoms with Gasteiger partial charge in [-0.2, -0.15) is 13.2 Å². The summed E-state index contributed by atoms with van der Waals surface area (Å²) in [6, 6.07) is 9.13. The van der Waals surface area contributed by atoms with Gasteiger partial charge in [-0.1, -0.05) is 24.3 Å². The van der Waals surface area contributed by atoms with Crippen molar-refractivity contribution in [1.29, 1.82) is 0 Å². The van der Waals surface area contributed by atoms with Crippen molar-refractivity contribution >= 4 is 11.6 Å². The highest BCUT2D eigenvalue weighted by atomic mass is 19.4. The SMILES string of the molecule is COc1ccc(C(F)(F)F)c(C2C(=O)c3ccccc3C2=O)c1. The van der Waals surface area contributed by atoms with Crippen LogP contribution in [0.2, 0.25) is 0 Å². The van der Waals surface area contributed by atoms with Gasteiger partial charge in [-0.05, 0) is 23.8 Å². The van der Waals surface area contributed by atoms with E-state index in [4.69, 9.17) is 4.74 Å². The highest BCUT2D eigenvalue weighted by molar-refractivity contribution is 6.29. The Morgan fingerprint density at radius 2 is 1.52 bits per heavy atom. The molecule has 0 unspecified atom stereocenters. The van der Waals surface area contributed by atoms with E-state index in [1.165, 1.54) is 19.2 Å². The first kappa shape index (κ1) is 15.3. The summed E-state index contributed by atoms with van der Waals surface area (Å²) in [5, 5.41) is 0. The largest absolute Gasteiger partial charge is 0.497 e. The molecule has 0 heterocycles. The van der Waals surface area contributed by atoms with Crippen LogP contribution in [0, 0.1) is 0 Å². The van der Waals surface area contributed by atoms with E-state index < -0.39 is 29.2 Å². The minimum atomic E-state index is -4.67. The maximum absolute atomic E-state index is 13.3. The van der Waals surface area contributed by atoms with E-state index >= 15 is 0 Å². The molecule has 23 heavy (non-hydrogen) atoms. The number of alkyl halides is 3. The summed E-state index contributed by atoms with van der Waals surface area (Å²) < 4.78 is 44.7. The smallest absolute Gasteiger partial charge is 0.416 e. The molecule has 3 rings (SSSR count). The van der Waals surface area contributed by atoms with Crippen LogP contribution in [-0.2, 0) is 6.18 Å². The lowest BCUT2D eigenvalue weighted by Gasteiger charge is -2.17. The zero-order valence-corrected chi connectivity index (χ0v) is 12.0. The number of methoxy groups -OCH3 is 1. The molecule has 1 aliphatic rings. The first-order chi connectivity index (χ1) is 10.8. The van der Waals surface area contributed by atoms with Crippen LogP contribution in [0.15, 0.2) is 42.5 Å². The van der Waals surface area contributed by atoms with Gasteiger partial charge in [0.15, 0.2) is 11.6 Å². The summed E-state index contributed by atoms with van der Waals surface area (Å²) in [5.41, 5.74) is -1.07. The van der Waals surface area contributed by atoms with Gasteiger partial charge in [0.2, 0.25) is 0 Å². The monoisotopic (exact) mass is 320 g/mol. The Morgan fingerprint density at radius 3 is 2.00 bits per heavy atom. The number of carbonyl (C=O) groups excluding carboxylic acids is 2. The van der Waals surface area contributed by atoms with Crippen molar-refractivity contribution in [2.24, 2.45) is 0 Å². The minimum absolute atomic E-state index is 0.151. The molecule has 0 spiro atoms. The number of hydrogen-bond donors (Lipinski definition) is 0. The number of carbonyl (C=O) groups is 2. The van der Waals surface area contributed by atoms with Crippen LogP contribution in [0.3, 0.4) is 0 Å². The van der Waals surface area contributed by atoms with Crippen molar-refractivity contribution in [2.75, 3.05) is 7.11 Å². The van der Waals surface area contributed by atoms with Crippen molar-refractivity contribution in [3.05, 3.63) is 64.7 Å². The minimum Gasteiger partial charge on any atom is -0.497 e. The molecule has 0 radical (unpaired) electrons. The van der Waals surface area contributed by atoms with Crippen LogP contribution in [0.4, 0.5) is 13.2 Å². The third-order valence-electron chi connectivity index (χ3n) is 3.86. The van der Waals surface area contributed by atoms with Crippen LogP contribution >= 0.6 is 0 Å². The van der Waals surface area contributed by atoms with Crippen LogP contribution in [-0.4, -0.2) is 18.7 Å². The summed E-state index contributed by atoms with van der Waals surface area (Å²) in [6.45, 7) is 0. The lowest BCUT2D eigenvalue weighted by Crippen LogP contribution is -2.19. The van der Waals surface area contributed by atoms with Crippen LogP contribution in [0.1, 0.15) is 37.8 Å². The van der Waals surface area contributed by atoms with Gasteiger partial charge in [-0.3, -0.25) is 9.59 Å². The molecule has 1 aliphatic carbocycles. The number of halogens is 3. The van der Waals surface area contributed by atoms with Gasteiger partial charge < -0.3 is 4.74 Å². The number of benzene rings is 2. The molecule has 0 bridgehead atoms. The molecule has 3 nitrogen and oxygen atoms in total. The molecule has 0 aromatic heterocycles. The molecule has 0 N–H and O–H groups in total. The van der Waals surface area contributed by atoms with Crippen LogP contribution in [0.5, 0.6) is 5.75 Å². The lowest BCUT2D eigenvalue weighted by atomic mass is 9.89. The summed E-state index contributed by atoms with van der Waals surface area (Å²) in [7, 11) is 1.30. The molecular formula is C17H11F3O3. The zero-order chi connectivity index (χ0) is 16.8.